The van der Waals surface area contributed by atoms with Crippen molar-refractivity contribution in [2.75, 3.05) is 5.75 Å². The van der Waals surface area contributed by atoms with Crippen LogP contribution in [0.4, 0.5) is 0 Å². The SMILES string of the molecule is C[C@]12CSC3C(C1C[C@@H](O)[C@@H]2O)[C@@H](O)C[C@H]1C[C@@H](O)CC[C@]31C. The molecule has 0 amide bonds. The summed E-state index contributed by atoms with van der Waals surface area (Å²) in [5, 5.41) is 42.1. The number of aliphatic hydroxyl groups is 4. The lowest BCUT2D eigenvalue weighted by atomic mass is 9.53. The van der Waals surface area contributed by atoms with Gasteiger partial charge in [0.05, 0.1) is 24.4 Å². The standard InChI is InChI=1S/C18H30O4S/c1-17-4-3-10(19)5-9(17)6-12(20)14-11-7-13(21)15(22)18(11,2)8-23-16(14)17/h9-16,19-22H,3-8H2,1-2H3/t9-,10+,11?,12+,13-,14?,15+,16?,17+,18+/m1/s1. The van der Waals surface area contributed by atoms with Crippen molar-refractivity contribution < 1.29 is 20.4 Å². The Morgan fingerprint density at radius 3 is 2.39 bits per heavy atom. The number of fused-ring (bicyclic) bond motifs is 5. The van der Waals surface area contributed by atoms with Gasteiger partial charge in [0.1, 0.15) is 0 Å². The summed E-state index contributed by atoms with van der Waals surface area (Å²) in [7, 11) is 0. The Labute approximate surface area is 142 Å². The zero-order chi connectivity index (χ0) is 16.6. The van der Waals surface area contributed by atoms with Gasteiger partial charge in [-0.25, -0.2) is 0 Å². The molecule has 0 aromatic rings. The third-order valence-electron chi connectivity index (χ3n) is 7.90. The predicted molar refractivity (Wildman–Crippen MR) is 90.0 cm³/mol. The summed E-state index contributed by atoms with van der Waals surface area (Å²) in [5.41, 5.74) is -0.128. The van der Waals surface area contributed by atoms with Gasteiger partial charge in [0, 0.05) is 22.3 Å². The van der Waals surface area contributed by atoms with E-state index >= 15 is 0 Å². The lowest BCUT2D eigenvalue weighted by Gasteiger charge is -2.61. The molecule has 4 fully saturated rings. The topological polar surface area (TPSA) is 80.9 Å². The van der Waals surface area contributed by atoms with E-state index in [9.17, 15) is 20.4 Å². The van der Waals surface area contributed by atoms with Gasteiger partial charge >= 0.3 is 0 Å². The average Bonchev–Trinajstić information content (AvgIpc) is 2.73. The number of thioether (sulfide) groups is 1. The minimum Gasteiger partial charge on any atom is -0.393 e. The Bertz CT molecular complexity index is 488. The van der Waals surface area contributed by atoms with E-state index in [4.69, 9.17) is 0 Å². The van der Waals surface area contributed by atoms with Gasteiger partial charge in [-0.05, 0) is 49.4 Å². The quantitative estimate of drug-likeness (QED) is 0.535. The van der Waals surface area contributed by atoms with Crippen molar-refractivity contribution in [1.29, 1.82) is 0 Å². The maximum absolute atomic E-state index is 10.9. The first-order chi connectivity index (χ1) is 10.8. The normalized spacial score (nSPS) is 62.3. The average molecular weight is 343 g/mol. The van der Waals surface area contributed by atoms with Crippen LogP contribution >= 0.6 is 11.8 Å². The van der Waals surface area contributed by atoms with E-state index in [0.29, 0.717) is 17.6 Å². The first kappa shape index (κ1) is 16.6. The van der Waals surface area contributed by atoms with E-state index in [1.165, 1.54) is 0 Å². The van der Waals surface area contributed by atoms with E-state index in [1.807, 2.05) is 11.8 Å². The van der Waals surface area contributed by atoms with Gasteiger partial charge in [-0.1, -0.05) is 13.8 Å². The van der Waals surface area contributed by atoms with E-state index in [2.05, 4.69) is 13.8 Å². The Morgan fingerprint density at radius 2 is 1.65 bits per heavy atom. The molecule has 4 nitrogen and oxygen atoms in total. The first-order valence-corrected chi connectivity index (χ1v) is 10.2. The minimum absolute atomic E-state index is 0.155. The second-order valence-electron chi connectivity index (χ2n) is 9.10. The highest BCUT2D eigenvalue weighted by atomic mass is 32.2. The Kier molecular flexibility index (Phi) is 3.87. The van der Waals surface area contributed by atoms with Crippen LogP contribution < -0.4 is 0 Å². The van der Waals surface area contributed by atoms with Crippen molar-refractivity contribution in [3.63, 3.8) is 0 Å². The zero-order valence-corrected chi connectivity index (χ0v) is 14.9. The molecule has 0 spiro atoms. The van der Waals surface area contributed by atoms with Gasteiger partial charge in [0.25, 0.3) is 0 Å². The summed E-state index contributed by atoms with van der Waals surface area (Å²) in [6.07, 6.45) is 2.14. The summed E-state index contributed by atoms with van der Waals surface area (Å²) in [6, 6.07) is 0. The van der Waals surface area contributed by atoms with Gasteiger partial charge in [0.15, 0.2) is 0 Å². The van der Waals surface area contributed by atoms with Crippen molar-refractivity contribution in [2.24, 2.45) is 28.6 Å². The molecule has 1 saturated heterocycles. The lowest BCUT2D eigenvalue weighted by Crippen LogP contribution is -2.61. The number of rotatable bonds is 0. The highest BCUT2D eigenvalue weighted by Gasteiger charge is 2.64. The monoisotopic (exact) mass is 342 g/mol. The molecule has 3 unspecified atom stereocenters. The van der Waals surface area contributed by atoms with Crippen molar-refractivity contribution in [2.45, 2.75) is 75.6 Å². The van der Waals surface area contributed by atoms with Crippen LogP contribution in [0.25, 0.3) is 0 Å². The van der Waals surface area contributed by atoms with Gasteiger partial charge in [-0.3, -0.25) is 0 Å². The molecule has 0 radical (unpaired) electrons. The molecular weight excluding hydrogens is 312 g/mol. The lowest BCUT2D eigenvalue weighted by molar-refractivity contribution is -0.105. The van der Waals surface area contributed by atoms with Crippen molar-refractivity contribution in [1.82, 2.24) is 0 Å². The molecule has 3 saturated carbocycles. The molecule has 0 aromatic heterocycles. The van der Waals surface area contributed by atoms with Gasteiger partial charge in [-0.15, -0.1) is 0 Å². The molecule has 132 valence electrons. The molecule has 23 heavy (non-hydrogen) atoms. The molecule has 1 aliphatic heterocycles. The maximum Gasteiger partial charge on any atom is 0.0863 e. The number of aliphatic hydroxyl groups excluding tert-OH is 4. The van der Waals surface area contributed by atoms with Crippen LogP contribution in [0, 0.1) is 28.6 Å². The van der Waals surface area contributed by atoms with Crippen LogP contribution in [0.2, 0.25) is 0 Å². The summed E-state index contributed by atoms with van der Waals surface area (Å²) in [4.78, 5) is 0. The van der Waals surface area contributed by atoms with Gasteiger partial charge < -0.3 is 20.4 Å². The van der Waals surface area contributed by atoms with E-state index in [0.717, 1.165) is 31.4 Å². The molecule has 0 bridgehead atoms. The summed E-state index contributed by atoms with van der Waals surface area (Å²) in [5.74, 6) is 1.59. The van der Waals surface area contributed by atoms with E-state index in [1.54, 1.807) is 0 Å². The fourth-order valence-electron chi connectivity index (χ4n) is 6.38. The third-order valence-corrected chi connectivity index (χ3v) is 9.90. The molecule has 4 rings (SSSR count). The van der Waals surface area contributed by atoms with Crippen LogP contribution in [0.15, 0.2) is 0 Å². The fourth-order valence-corrected chi connectivity index (χ4v) is 8.59. The van der Waals surface area contributed by atoms with Crippen LogP contribution in [-0.4, -0.2) is 55.8 Å². The molecule has 1 heterocycles. The Morgan fingerprint density at radius 1 is 0.913 bits per heavy atom. The predicted octanol–water partition coefficient (Wildman–Crippen LogP) is 1.40. The smallest absolute Gasteiger partial charge is 0.0863 e. The zero-order valence-electron chi connectivity index (χ0n) is 14.1. The molecule has 0 aromatic carbocycles. The molecule has 4 N–H and O–H groups in total. The second kappa shape index (κ2) is 5.34. The summed E-state index contributed by atoms with van der Waals surface area (Å²) < 4.78 is 0. The Hall–Kier alpha value is 0.190. The maximum atomic E-state index is 10.9. The first-order valence-electron chi connectivity index (χ1n) is 9.11. The highest BCUT2D eigenvalue weighted by molar-refractivity contribution is 8.00. The summed E-state index contributed by atoms with van der Waals surface area (Å²) >= 11 is 1.90. The molecule has 3 aliphatic carbocycles. The molecule has 5 heteroatoms. The van der Waals surface area contributed by atoms with Gasteiger partial charge in [-0.2, -0.15) is 11.8 Å². The van der Waals surface area contributed by atoms with Crippen molar-refractivity contribution >= 4 is 11.8 Å². The second-order valence-corrected chi connectivity index (χ2v) is 10.2. The molecular formula is C18H30O4S. The van der Waals surface area contributed by atoms with Crippen LogP contribution in [-0.2, 0) is 0 Å². The largest absolute Gasteiger partial charge is 0.393 e. The van der Waals surface area contributed by atoms with E-state index in [-0.39, 0.29) is 34.9 Å². The minimum atomic E-state index is -0.674. The van der Waals surface area contributed by atoms with Crippen molar-refractivity contribution in [3.05, 3.63) is 0 Å². The van der Waals surface area contributed by atoms with Crippen LogP contribution in [0.5, 0.6) is 0 Å². The number of hydrogen-bond donors (Lipinski definition) is 4. The fraction of sp³-hybridized carbons (Fsp3) is 1.00. The van der Waals surface area contributed by atoms with Gasteiger partial charge in [0.2, 0.25) is 0 Å². The van der Waals surface area contributed by atoms with E-state index < -0.39 is 12.2 Å². The summed E-state index contributed by atoms with van der Waals surface area (Å²) in [6.45, 7) is 4.44. The number of hydrogen-bond acceptors (Lipinski definition) is 5. The van der Waals surface area contributed by atoms with Crippen molar-refractivity contribution in [3.8, 4) is 0 Å². The molecule has 4 aliphatic rings. The van der Waals surface area contributed by atoms with Crippen LogP contribution in [0.3, 0.4) is 0 Å². The molecule has 10 atom stereocenters. The Balaban J connectivity index is 1.68. The van der Waals surface area contributed by atoms with Crippen LogP contribution in [0.1, 0.15) is 46.0 Å². The third kappa shape index (κ3) is 2.20. The highest BCUT2D eigenvalue weighted by Crippen LogP contribution is 2.65.